The molecule has 0 saturated carbocycles. The van der Waals surface area contributed by atoms with E-state index in [1.165, 1.54) is 12.3 Å². The molecule has 178 valence electrons. The minimum absolute atomic E-state index is 0.107. The molecule has 0 aromatic heterocycles. The zero-order chi connectivity index (χ0) is 25.3. The van der Waals surface area contributed by atoms with Crippen LogP contribution in [0.1, 0.15) is 42.2 Å². The Morgan fingerprint density at radius 2 is 1.31 bits per heavy atom. The summed E-state index contributed by atoms with van der Waals surface area (Å²) in [5.41, 5.74) is 4.99. The quantitative estimate of drug-likeness (QED) is 0.171. The average molecular weight is 479 g/mol. The van der Waals surface area contributed by atoms with Crippen molar-refractivity contribution in [2.45, 2.75) is 6.92 Å². The molecule has 0 unspecified atom stereocenters. The van der Waals surface area contributed by atoms with Crippen molar-refractivity contribution >= 4 is 24.1 Å². The van der Waals surface area contributed by atoms with Crippen molar-refractivity contribution in [2.24, 2.45) is 5.10 Å². The lowest BCUT2D eigenvalue weighted by Gasteiger charge is -2.10. The number of rotatable bonds is 7. The topological polar surface area (TPSA) is 94.1 Å². The first-order valence-electron chi connectivity index (χ1n) is 11.1. The number of nitrogens with one attached hydrogen (secondary N) is 1. The van der Waals surface area contributed by atoms with E-state index in [2.05, 4.69) is 10.5 Å². The molecule has 0 saturated heterocycles. The number of aryl methyl sites for hydroxylation is 1. The summed E-state index contributed by atoms with van der Waals surface area (Å²) >= 11 is 0. The van der Waals surface area contributed by atoms with Crippen molar-refractivity contribution in [3.05, 3.63) is 131 Å². The third-order valence-corrected chi connectivity index (χ3v) is 5.07. The normalized spacial score (nSPS) is 10.6. The molecule has 0 aliphatic rings. The molecule has 0 aliphatic carbocycles. The van der Waals surface area contributed by atoms with Gasteiger partial charge in [0.1, 0.15) is 11.5 Å². The van der Waals surface area contributed by atoms with Gasteiger partial charge < -0.3 is 9.47 Å². The van der Waals surface area contributed by atoms with Gasteiger partial charge in [-0.25, -0.2) is 15.0 Å². The SMILES string of the molecule is Cc1cccc(C(=O)NN=Cc2ccc(OC(=O)c3ccccc3)cc2OC(=O)c2ccccc2)c1. The van der Waals surface area contributed by atoms with Crippen LogP contribution in [-0.2, 0) is 0 Å². The predicted molar refractivity (Wildman–Crippen MR) is 135 cm³/mol. The van der Waals surface area contributed by atoms with Gasteiger partial charge in [-0.3, -0.25) is 4.79 Å². The average Bonchev–Trinajstić information content (AvgIpc) is 2.90. The molecular formula is C29H22N2O5. The summed E-state index contributed by atoms with van der Waals surface area (Å²) in [7, 11) is 0. The highest BCUT2D eigenvalue weighted by atomic mass is 16.5. The summed E-state index contributed by atoms with van der Waals surface area (Å²) in [5, 5.41) is 4.00. The number of carbonyl (C=O) groups is 3. The van der Waals surface area contributed by atoms with Crippen molar-refractivity contribution in [2.75, 3.05) is 0 Å². The highest BCUT2D eigenvalue weighted by Gasteiger charge is 2.15. The third kappa shape index (κ3) is 6.30. The van der Waals surface area contributed by atoms with E-state index in [1.54, 1.807) is 91.0 Å². The Kier molecular flexibility index (Phi) is 7.63. The van der Waals surface area contributed by atoms with Gasteiger partial charge in [0, 0.05) is 17.2 Å². The van der Waals surface area contributed by atoms with Crippen LogP contribution in [0, 0.1) is 6.92 Å². The standard InChI is InChI=1S/C29H22N2O5/c1-20-9-8-14-23(17-20)27(32)31-30-19-24-15-16-25(35-28(33)21-10-4-2-5-11-21)18-26(24)36-29(34)22-12-6-3-7-13-22/h2-19H,1H3,(H,31,32). The molecule has 4 rings (SSSR count). The number of benzene rings is 4. The van der Waals surface area contributed by atoms with E-state index in [1.807, 2.05) is 13.0 Å². The Bertz CT molecular complexity index is 1420. The lowest BCUT2D eigenvalue weighted by atomic mass is 10.1. The second-order valence-corrected chi connectivity index (χ2v) is 7.78. The fourth-order valence-electron chi connectivity index (χ4n) is 3.26. The Balaban J connectivity index is 1.56. The summed E-state index contributed by atoms with van der Waals surface area (Å²) in [6, 6.07) is 28.6. The largest absolute Gasteiger partial charge is 0.423 e. The maximum atomic E-state index is 12.7. The van der Waals surface area contributed by atoms with E-state index < -0.39 is 11.9 Å². The first-order chi connectivity index (χ1) is 17.5. The fraction of sp³-hybridized carbons (Fsp3) is 0.0345. The Hall–Kier alpha value is -5.04. The van der Waals surface area contributed by atoms with Gasteiger partial charge in [-0.15, -0.1) is 0 Å². The number of amides is 1. The number of hydrogen-bond acceptors (Lipinski definition) is 6. The van der Waals surface area contributed by atoms with Gasteiger partial charge in [0.2, 0.25) is 0 Å². The van der Waals surface area contributed by atoms with E-state index in [9.17, 15) is 14.4 Å². The van der Waals surface area contributed by atoms with Crippen molar-refractivity contribution in [1.29, 1.82) is 0 Å². The van der Waals surface area contributed by atoms with E-state index in [0.717, 1.165) is 5.56 Å². The van der Waals surface area contributed by atoms with Gasteiger partial charge in [-0.05, 0) is 55.5 Å². The van der Waals surface area contributed by atoms with Gasteiger partial charge in [-0.1, -0.05) is 54.1 Å². The summed E-state index contributed by atoms with van der Waals surface area (Å²) in [6.45, 7) is 1.89. The number of nitrogens with zero attached hydrogens (tertiary/aromatic N) is 1. The monoisotopic (exact) mass is 478 g/mol. The molecule has 1 amide bonds. The highest BCUT2D eigenvalue weighted by molar-refractivity contribution is 5.96. The summed E-state index contributed by atoms with van der Waals surface area (Å²) in [6.07, 6.45) is 1.35. The zero-order valence-corrected chi connectivity index (χ0v) is 19.4. The molecule has 36 heavy (non-hydrogen) atoms. The molecular weight excluding hydrogens is 456 g/mol. The number of ether oxygens (including phenoxy) is 2. The summed E-state index contributed by atoms with van der Waals surface area (Å²) in [5.74, 6) is -1.24. The number of hydrogen-bond donors (Lipinski definition) is 1. The van der Waals surface area contributed by atoms with Crippen LogP contribution in [0.15, 0.2) is 108 Å². The molecule has 0 radical (unpaired) electrons. The maximum Gasteiger partial charge on any atom is 0.343 e. The molecule has 4 aromatic rings. The molecule has 0 spiro atoms. The second-order valence-electron chi connectivity index (χ2n) is 7.78. The molecule has 1 N–H and O–H groups in total. The van der Waals surface area contributed by atoms with Crippen LogP contribution in [0.4, 0.5) is 0 Å². The van der Waals surface area contributed by atoms with Crippen molar-refractivity contribution in [3.63, 3.8) is 0 Å². The van der Waals surface area contributed by atoms with Gasteiger partial charge >= 0.3 is 11.9 Å². The number of carbonyl (C=O) groups excluding carboxylic acids is 3. The Morgan fingerprint density at radius 1 is 0.694 bits per heavy atom. The second kappa shape index (κ2) is 11.4. The first kappa shape index (κ1) is 24.1. The molecule has 7 heteroatoms. The molecule has 0 atom stereocenters. The van der Waals surface area contributed by atoms with Crippen LogP contribution >= 0.6 is 0 Å². The van der Waals surface area contributed by atoms with E-state index in [4.69, 9.17) is 9.47 Å². The number of esters is 2. The minimum atomic E-state index is -0.597. The smallest absolute Gasteiger partial charge is 0.343 e. The predicted octanol–water partition coefficient (Wildman–Crippen LogP) is 5.20. The molecule has 7 nitrogen and oxygen atoms in total. The van der Waals surface area contributed by atoms with Crippen LogP contribution in [0.3, 0.4) is 0 Å². The van der Waals surface area contributed by atoms with Crippen molar-refractivity contribution < 1.29 is 23.9 Å². The minimum Gasteiger partial charge on any atom is -0.423 e. The highest BCUT2D eigenvalue weighted by Crippen LogP contribution is 2.26. The van der Waals surface area contributed by atoms with Gasteiger partial charge in [0.25, 0.3) is 5.91 Å². The van der Waals surface area contributed by atoms with Crippen molar-refractivity contribution in [3.8, 4) is 11.5 Å². The van der Waals surface area contributed by atoms with Crippen LogP contribution in [-0.4, -0.2) is 24.1 Å². The Morgan fingerprint density at radius 3 is 1.94 bits per heavy atom. The van der Waals surface area contributed by atoms with E-state index in [0.29, 0.717) is 22.3 Å². The molecule has 0 fully saturated rings. The zero-order valence-electron chi connectivity index (χ0n) is 19.4. The fourth-order valence-corrected chi connectivity index (χ4v) is 3.26. The summed E-state index contributed by atoms with van der Waals surface area (Å²) in [4.78, 5) is 37.5. The van der Waals surface area contributed by atoms with Gasteiger partial charge in [0.05, 0.1) is 17.3 Å². The van der Waals surface area contributed by atoms with Gasteiger partial charge in [-0.2, -0.15) is 5.10 Å². The van der Waals surface area contributed by atoms with Crippen molar-refractivity contribution in [1.82, 2.24) is 5.43 Å². The molecule has 0 aliphatic heterocycles. The van der Waals surface area contributed by atoms with Crippen LogP contribution in [0.25, 0.3) is 0 Å². The number of hydrazone groups is 1. The Labute approximate surface area is 208 Å². The molecule has 0 heterocycles. The van der Waals surface area contributed by atoms with Crippen LogP contribution in [0.5, 0.6) is 11.5 Å². The summed E-state index contributed by atoms with van der Waals surface area (Å²) < 4.78 is 11.0. The molecule has 4 aromatic carbocycles. The molecule has 0 bridgehead atoms. The van der Waals surface area contributed by atoms with E-state index in [-0.39, 0.29) is 17.4 Å². The van der Waals surface area contributed by atoms with Crippen LogP contribution in [0.2, 0.25) is 0 Å². The van der Waals surface area contributed by atoms with E-state index >= 15 is 0 Å². The lowest BCUT2D eigenvalue weighted by Crippen LogP contribution is -2.18. The maximum absolute atomic E-state index is 12.7. The van der Waals surface area contributed by atoms with Crippen LogP contribution < -0.4 is 14.9 Å². The lowest BCUT2D eigenvalue weighted by molar-refractivity contribution is 0.0732. The first-order valence-corrected chi connectivity index (χ1v) is 11.1. The van der Waals surface area contributed by atoms with Gasteiger partial charge in [0.15, 0.2) is 0 Å². The third-order valence-electron chi connectivity index (χ3n) is 5.07.